The Labute approximate surface area is 144 Å². The first kappa shape index (κ1) is 16.4. The molecule has 3 N–H and O–H groups in total. The van der Waals surface area contributed by atoms with Gasteiger partial charge in [0, 0.05) is 37.0 Å². The van der Waals surface area contributed by atoms with Gasteiger partial charge in [-0.05, 0) is 63.2 Å². The zero-order valence-electron chi connectivity index (χ0n) is 14.6. The van der Waals surface area contributed by atoms with Crippen LogP contribution in [-0.2, 0) is 9.59 Å². The van der Waals surface area contributed by atoms with E-state index in [-0.39, 0.29) is 17.9 Å². The summed E-state index contributed by atoms with van der Waals surface area (Å²) < 4.78 is 0. The summed E-state index contributed by atoms with van der Waals surface area (Å²) in [5.41, 5.74) is 6.33. The second-order valence-electron chi connectivity index (χ2n) is 8.58. The van der Waals surface area contributed by atoms with Gasteiger partial charge in [-0.15, -0.1) is 0 Å². The van der Waals surface area contributed by atoms with Crippen molar-refractivity contribution in [2.75, 3.05) is 13.1 Å². The van der Waals surface area contributed by atoms with E-state index in [1.807, 2.05) is 4.90 Å². The number of carbonyl (C=O) groups excluding carboxylic acids is 2. The lowest BCUT2D eigenvalue weighted by Crippen LogP contribution is -2.52. The molecular weight excluding hydrogens is 302 g/mol. The molecule has 2 amide bonds. The Balaban J connectivity index is 1.25. The number of amides is 2. The van der Waals surface area contributed by atoms with Gasteiger partial charge in [0.2, 0.25) is 11.8 Å². The van der Waals surface area contributed by atoms with Crippen molar-refractivity contribution in [3.63, 3.8) is 0 Å². The molecule has 1 saturated heterocycles. The molecule has 4 aliphatic rings. The van der Waals surface area contributed by atoms with Crippen LogP contribution >= 0.6 is 0 Å². The van der Waals surface area contributed by atoms with E-state index < -0.39 is 0 Å². The molecule has 0 aromatic carbocycles. The van der Waals surface area contributed by atoms with E-state index in [1.165, 1.54) is 19.3 Å². The second kappa shape index (κ2) is 6.66. The van der Waals surface area contributed by atoms with Crippen molar-refractivity contribution >= 4 is 11.8 Å². The van der Waals surface area contributed by atoms with Crippen molar-refractivity contribution in [2.24, 2.45) is 29.4 Å². The van der Waals surface area contributed by atoms with Crippen LogP contribution in [0, 0.1) is 23.7 Å². The first-order chi connectivity index (χ1) is 11.6. The van der Waals surface area contributed by atoms with E-state index >= 15 is 0 Å². The largest absolute Gasteiger partial charge is 0.353 e. The highest BCUT2D eigenvalue weighted by molar-refractivity contribution is 5.81. The maximum absolute atomic E-state index is 12.7. The minimum atomic E-state index is 0.159. The SMILES string of the molecule is NC1C2CCCC1CC(C(=O)NC1CCN(C(=O)C3CC3)CC1)C2. The lowest BCUT2D eigenvalue weighted by molar-refractivity contribution is -0.134. The zero-order chi connectivity index (χ0) is 16.7. The van der Waals surface area contributed by atoms with Crippen LogP contribution < -0.4 is 11.1 Å². The van der Waals surface area contributed by atoms with Crippen LogP contribution in [0.4, 0.5) is 0 Å². The summed E-state index contributed by atoms with van der Waals surface area (Å²) >= 11 is 0. The molecule has 5 nitrogen and oxygen atoms in total. The summed E-state index contributed by atoms with van der Waals surface area (Å²) in [6.45, 7) is 1.61. The van der Waals surface area contributed by atoms with E-state index in [0.29, 0.717) is 29.7 Å². The highest BCUT2D eigenvalue weighted by Gasteiger charge is 2.41. The fourth-order valence-corrected chi connectivity index (χ4v) is 5.15. The van der Waals surface area contributed by atoms with Gasteiger partial charge in [-0.25, -0.2) is 0 Å². The molecule has 2 bridgehead atoms. The predicted molar refractivity (Wildman–Crippen MR) is 92.0 cm³/mol. The van der Waals surface area contributed by atoms with Gasteiger partial charge in [0.25, 0.3) is 0 Å². The first-order valence-electron chi connectivity index (χ1n) is 9.96. The zero-order valence-corrected chi connectivity index (χ0v) is 14.6. The average molecular weight is 333 g/mol. The summed E-state index contributed by atoms with van der Waals surface area (Å²) in [6, 6.07) is 0.565. The Morgan fingerprint density at radius 2 is 1.50 bits per heavy atom. The highest BCUT2D eigenvalue weighted by atomic mass is 16.2. The number of nitrogens with two attached hydrogens (primary N) is 1. The molecule has 134 valence electrons. The third-order valence-corrected chi connectivity index (χ3v) is 6.86. The monoisotopic (exact) mass is 333 g/mol. The smallest absolute Gasteiger partial charge is 0.225 e. The van der Waals surface area contributed by atoms with Gasteiger partial charge in [-0.3, -0.25) is 9.59 Å². The van der Waals surface area contributed by atoms with Crippen molar-refractivity contribution in [3.05, 3.63) is 0 Å². The molecule has 2 atom stereocenters. The number of fused-ring (bicyclic) bond motifs is 2. The van der Waals surface area contributed by atoms with E-state index in [9.17, 15) is 9.59 Å². The molecule has 3 saturated carbocycles. The number of nitrogens with zero attached hydrogens (tertiary/aromatic N) is 1. The summed E-state index contributed by atoms with van der Waals surface area (Å²) in [5, 5.41) is 3.28. The second-order valence-corrected chi connectivity index (χ2v) is 8.58. The molecule has 24 heavy (non-hydrogen) atoms. The normalized spacial score (nSPS) is 37.1. The van der Waals surface area contributed by atoms with Crippen molar-refractivity contribution in [1.29, 1.82) is 0 Å². The predicted octanol–water partition coefficient (Wildman–Crippen LogP) is 1.66. The molecule has 0 radical (unpaired) electrons. The van der Waals surface area contributed by atoms with E-state index in [4.69, 9.17) is 5.73 Å². The minimum Gasteiger partial charge on any atom is -0.353 e. The Bertz CT molecular complexity index is 483. The maximum Gasteiger partial charge on any atom is 0.225 e. The molecule has 0 aromatic heterocycles. The number of hydrogen-bond acceptors (Lipinski definition) is 3. The first-order valence-corrected chi connectivity index (χ1v) is 9.96. The number of carbonyl (C=O) groups is 2. The van der Waals surface area contributed by atoms with Crippen LogP contribution in [0.3, 0.4) is 0 Å². The van der Waals surface area contributed by atoms with Gasteiger partial charge >= 0.3 is 0 Å². The van der Waals surface area contributed by atoms with Crippen LogP contribution in [0.2, 0.25) is 0 Å². The number of hydrogen-bond donors (Lipinski definition) is 2. The fourth-order valence-electron chi connectivity index (χ4n) is 5.15. The van der Waals surface area contributed by atoms with Gasteiger partial charge in [-0.1, -0.05) is 6.42 Å². The minimum absolute atomic E-state index is 0.159. The van der Waals surface area contributed by atoms with Gasteiger partial charge in [-0.2, -0.15) is 0 Å². The van der Waals surface area contributed by atoms with E-state index in [0.717, 1.165) is 51.6 Å². The lowest BCUT2D eigenvalue weighted by atomic mass is 9.65. The van der Waals surface area contributed by atoms with E-state index in [1.54, 1.807) is 0 Å². The highest BCUT2D eigenvalue weighted by Crippen LogP contribution is 2.42. The number of likely N-dealkylation sites (tertiary alicyclic amines) is 1. The molecule has 1 heterocycles. The van der Waals surface area contributed by atoms with Crippen LogP contribution in [0.15, 0.2) is 0 Å². The maximum atomic E-state index is 12.7. The summed E-state index contributed by atoms with van der Waals surface area (Å²) in [5.74, 6) is 2.14. The Morgan fingerprint density at radius 3 is 2.08 bits per heavy atom. The van der Waals surface area contributed by atoms with Gasteiger partial charge in [0.1, 0.15) is 0 Å². The molecule has 5 heteroatoms. The quantitative estimate of drug-likeness (QED) is 0.825. The molecule has 2 unspecified atom stereocenters. The number of rotatable bonds is 3. The van der Waals surface area contributed by atoms with Crippen molar-refractivity contribution in [1.82, 2.24) is 10.2 Å². The third kappa shape index (κ3) is 3.32. The number of nitrogens with one attached hydrogen (secondary N) is 1. The van der Waals surface area contributed by atoms with Crippen LogP contribution in [0.1, 0.15) is 57.8 Å². The number of piperidine rings is 1. The summed E-state index contributed by atoms with van der Waals surface area (Å²) in [7, 11) is 0. The van der Waals surface area contributed by atoms with Gasteiger partial charge < -0.3 is 16.0 Å². The molecule has 4 rings (SSSR count). The topological polar surface area (TPSA) is 75.4 Å². The van der Waals surface area contributed by atoms with Crippen LogP contribution in [0.5, 0.6) is 0 Å². The Hall–Kier alpha value is -1.10. The molecule has 4 fully saturated rings. The summed E-state index contributed by atoms with van der Waals surface area (Å²) in [4.78, 5) is 26.8. The van der Waals surface area contributed by atoms with Crippen molar-refractivity contribution in [2.45, 2.75) is 69.9 Å². The molecule has 0 aromatic rings. The molecule has 1 aliphatic heterocycles. The Morgan fingerprint density at radius 1 is 0.875 bits per heavy atom. The van der Waals surface area contributed by atoms with Crippen molar-refractivity contribution < 1.29 is 9.59 Å². The average Bonchev–Trinajstić information content (AvgIpc) is 3.39. The van der Waals surface area contributed by atoms with Gasteiger partial charge in [0.05, 0.1) is 0 Å². The van der Waals surface area contributed by atoms with Crippen LogP contribution in [0.25, 0.3) is 0 Å². The third-order valence-electron chi connectivity index (χ3n) is 6.86. The standard InChI is InChI=1S/C19H31N3O2/c20-17-13-2-1-3-14(17)11-15(10-13)18(23)21-16-6-8-22(9-7-16)19(24)12-4-5-12/h12-17H,1-11,20H2,(H,21,23). The van der Waals surface area contributed by atoms with E-state index in [2.05, 4.69) is 5.32 Å². The molecule has 3 aliphatic carbocycles. The fraction of sp³-hybridized carbons (Fsp3) is 0.895. The summed E-state index contributed by atoms with van der Waals surface area (Å²) in [6.07, 6.45) is 9.58. The van der Waals surface area contributed by atoms with Crippen molar-refractivity contribution in [3.8, 4) is 0 Å². The Kier molecular flexibility index (Phi) is 4.54. The molecular formula is C19H31N3O2. The van der Waals surface area contributed by atoms with Crippen LogP contribution in [-0.4, -0.2) is 41.9 Å². The molecule has 0 spiro atoms. The lowest BCUT2D eigenvalue weighted by Gasteiger charge is -2.44. The van der Waals surface area contributed by atoms with Gasteiger partial charge in [0.15, 0.2) is 0 Å².